The first kappa shape index (κ1) is 55.5. The van der Waals surface area contributed by atoms with E-state index in [9.17, 15) is 14.4 Å². The summed E-state index contributed by atoms with van der Waals surface area (Å²) >= 11 is 0. The maximum atomic E-state index is 12.5. The van der Waals surface area contributed by atoms with Crippen LogP contribution in [0.5, 0.6) is 0 Å². The van der Waals surface area contributed by atoms with Crippen molar-refractivity contribution in [1.29, 1.82) is 0 Å². The van der Waals surface area contributed by atoms with E-state index >= 15 is 0 Å². The Morgan fingerprint density at radius 3 is 1.35 bits per heavy atom. The highest BCUT2D eigenvalue weighted by atomic mass is 16.6. The maximum absolute atomic E-state index is 12.5. The Bertz CT molecular complexity index is 2210. The lowest BCUT2D eigenvalue weighted by atomic mass is 9.84. The standard InChI is InChI=1S/C28H42N2O2.C27H38N2O4.CO2/c1-8-27(6,7)14-12-23-20-22(2)10-11-24(23)21-30-17-9-13-28(30)15-18-29(19-16-28)25(31)32-26(3,4)5;1-21-8-9-23(22(18-21)10-12-26(5,6)32-20-30)19-29-15-7-11-27(29)13-16-28(17-14-27)24(31)33-25(2,3)4;2-1-3/h10-11,20H,8-9,13,15-19,21H2,1-7H3;8-9,18,20H,7,11,13-17,19H2,1-6H3;. The van der Waals surface area contributed by atoms with Crippen LogP contribution < -0.4 is 0 Å². The Labute approximate surface area is 408 Å². The third-order valence-corrected chi connectivity index (χ3v) is 13.7. The molecule has 0 N–H and O–H groups in total. The summed E-state index contributed by atoms with van der Waals surface area (Å²) in [5, 5.41) is 0. The molecule has 2 spiro atoms. The molecule has 0 bridgehead atoms. The van der Waals surface area contributed by atoms with Gasteiger partial charge in [-0.25, -0.2) is 9.59 Å². The Balaban J connectivity index is 0.000000280. The van der Waals surface area contributed by atoms with E-state index in [2.05, 4.69) is 104 Å². The Morgan fingerprint density at radius 1 is 0.618 bits per heavy atom. The molecule has 372 valence electrons. The highest BCUT2D eigenvalue weighted by molar-refractivity contribution is 5.68. The van der Waals surface area contributed by atoms with Crippen LogP contribution in [0, 0.1) is 42.9 Å². The van der Waals surface area contributed by atoms with Crippen molar-refractivity contribution in [3.63, 3.8) is 0 Å². The van der Waals surface area contributed by atoms with Crippen molar-refractivity contribution in [3.05, 3.63) is 69.8 Å². The first-order valence-electron chi connectivity index (χ1n) is 24.6. The largest absolute Gasteiger partial charge is 0.449 e. The second kappa shape index (κ2) is 23.5. The van der Waals surface area contributed by atoms with Crippen molar-refractivity contribution in [2.24, 2.45) is 5.41 Å². The van der Waals surface area contributed by atoms with Crippen LogP contribution in [-0.2, 0) is 41.7 Å². The quantitative estimate of drug-likeness (QED) is 0.150. The van der Waals surface area contributed by atoms with Gasteiger partial charge in [-0.3, -0.25) is 14.6 Å². The van der Waals surface area contributed by atoms with Crippen molar-refractivity contribution >= 4 is 24.8 Å². The number of amides is 2. The van der Waals surface area contributed by atoms with Crippen molar-refractivity contribution < 1.29 is 38.2 Å². The van der Waals surface area contributed by atoms with Crippen molar-refractivity contribution in [1.82, 2.24) is 19.6 Å². The van der Waals surface area contributed by atoms with Crippen LogP contribution in [0.3, 0.4) is 0 Å². The van der Waals surface area contributed by atoms with Gasteiger partial charge in [0.05, 0.1) is 0 Å². The first-order valence-corrected chi connectivity index (χ1v) is 24.6. The van der Waals surface area contributed by atoms with Crippen LogP contribution in [-0.4, -0.2) is 112 Å². The summed E-state index contributed by atoms with van der Waals surface area (Å²) in [6, 6.07) is 13.1. The predicted molar refractivity (Wildman–Crippen MR) is 265 cm³/mol. The van der Waals surface area contributed by atoms with Gasteiger partial charge in [-0.1, -0.05) is 54.9 Å². The van der Waals surface area contributed by atoms with Gasteiger partial charge in [0, 0.05) is 66.9 Å². The lowest BCUT2D eigenvalue weighted by molar-refractivity contribution is -0.191. The predicted octanol–water partition coefficient (Wildman–Crippen LogP) is 10.2. The number of carbonyl (C=O) groups excluding carboxylic acids is 5. The molecule has 0 unspecified atom stereocenters. The lowest BCUT2D eigenvalue weighted by Crippen LogP contribution is -2.53. The van der Waals surface area contributed by atoms with E-state index in [0.29, 0.717) is 6.47 Å². The normalized spacial score (nSPS) is 18.1. The third kappa shape index (κ3) is 16.3. The van der Waals surface area contributed by atoms with Crippen LogP contribution in [0.4, 0.5) is 9.59 Å². The number of carbonyl (C=O) groups is 3. The lowest BCUT2D eigenvalue weighted by Gasteiger charge is -2.45. The zero-order chi connectivity index (χ0) is 50.6. The Kier molecular flexibility index (Phi) is 19.1. The molecule has 4 saturated heterocycles. The average molecular weight is 937 g/mol. The van der Waals surface area contributed by atoms with E-state index in [1.54, 1.807) is 13.8 Å². The second-order valence-electron chi connectivity index (χ2n) is 22.3. The van der Waals surface area contributed by atoms with Crippen LogP contribution >= 0.6 is 0 Å². The van der Waals surface area contributed by atoms with E-state index in [1.807, 2.05) is 51.3 Å². The summed E-state index contributed by atoms with van der Waals surface area (Å²) in [4.78, 5) is 61.0. The molecule has 12 nitrogen and oxygen atoms in total. The number of nitrogens with zero attached hydrogens (tertiary/aromatic N) is 4. The van der Waals surface area contributed by atoms with E-state index in [-0.39, 0.29) is 34.8 Å². The summed E-state index contributed by atoms with van der Waals surface area (Å²) in [5.74, 6) is 13.4. The van der Waals surface area contributed by atoms with E-state index in [1.165, 1.54) is 41.5 Å². The molecule has 2 aromatic rings. The van der Waals surface area contributed by atoms with Crippen LogP contribution in [0.15, 0.2) is 36.4 Å². The number of aryl methyl sites for hydroxylation is 2. The second-order valence-corrected chi connectivity index (χ2v) is 22.3. The summed E-state index contributed by atoms with van der Waals surface area (Å²) in [6.07, 6.45) is 9.62. The minimum Gasteiger partial charge on any atom is -0.449 e. The number of piperidine rings is 2. The number of hydrogen-bond donors (Lipinski definition) is 0. The van der Waals surface area contributed by atoms with Gasteiger partial charge in [-0.15, -0.1) is 0 Å². The summed E-state index contributed by atoms with van der Waals surface area (Å²) < 4.78 is 16.3. The third-order valence-electron chi connectivity index (χ3n) is 13.7. The van der Waals surface area contributed by atoms with Gasteiger partial charge in [0.1, 0.15) is 11.2 Å². The molecule has 68 heavy (non-hydrogen) atoms. The highest BCUT2D eigenvalue weighted by Crippen LogP contribution is 2.41. The molecule has 4 heterocycles. The smallest absolute Gasteiger partial charge is 0.410 e. The molecule has 4 aliphatic heterocycles. The Hall–Kier alpha value is -5.13. The monoisotopic (exact) mass is 937 g/mol. The first-order chi connectivity index (χ1) is 31.8. The molecule has 2 amide bonds. The van der Waals surface area contributed by atoms with Crippen molar-refractivity contribution in [3.8, 4) is 23.7 Å². The van der Waals surface area contributed by atoms with Gasteiger partial charge in [0.15, 0.2) is 5.60 Å². The number of benzene rings is 2. The number of likely N-dealkylation sites (tertiary alicyclic amines) is 4. The van der Waals surface area contributed by atoms with Gasteiger partial charge in [-0.05, 0) is 188 Å². The SMILES string of the molecule is CCC(C)(C)C#Cc1cc(C)ccc1CN1CCCC12CCN(C(=O)OC(C)(C)C)CC2.Cc1ccc(CN2CCCC23CCN(C(=O)OC(C)(C)C)CC3)c(C#CC(C)(C)OC=O)c1.O=C=O. The van der Waals surface area contributed by atoms with Crippen LogP contribution in [0.1, 0.15) is 167 Å². The van der Waals surface area contributed by atoms with E-state index in [0.717, 1.165) is 102 Å². The molecular weight excluding hydrogens is 857 g/mol. The van der Waals surface area contributed by atoms with Gasteiger partial charge in [0.25, 0.3) is 6.47 Å². The van der Waals surface area contributed by atoms with E-state index < -0.39 is 16.8 Å². The molecule has 12 heteroatoms. The highest BCUT2D eigenvalue weighted by Gasteiger charge is 2.46. The summed E-state index contributed by atoms with van der Waals surface area (Å²) in [6.45, 7) is 33.3. The minimum atomic E-state index is -0.827. The van der Waals surface area contributed by atoms with Crippen LogP contribution in [0.2, 0.25) is 0 Å². The fraction of sp³-hybridized carbons (Fsp3) is 0.643. The molecule has 6 rings (SSSR count). The number of ether oxygens (including phenoxy) is 3. The molecule has 0 radical (unpaired) electrons. The summed E-state index contributed by atoms with van der Waals surface area (Å²) in [7, 11) is 0. The van der Waals surface area contributed by atoms with Crippen molar-refractivity contribution in [2.75, 3.05) is 39.3 Å². The molecule has 0 saturated carbocycles. The molecule has 4 fully saturated rings. The fourth-order valence-corrected chi connectivity index (χ4v) is 9.47. The Morgan fingerprint density at radius 2 is 1.00 bits per heavy atom. The van der Waals surface area contributed by atoms with Crippen molar-refractivity contribution in [2.45, 2.75) is 189 Å². The van der Waals surface area contributed by atoms with Gasteiger partial charge >= 0.3 is 18.3 Å². The number of rotatable bonds is 7. The molecule has 4 aliphatic rings. The molecule has 0 aliphatic carbocycles. The van der Waals surface area contributed by atoms with E-state index in [4.69, 9.17) is 23.8 Å². The van der Waals surface area contributed by atoms with Crippen LogP contribution in [0.25, 0.3) is 0 Å². The zero-order valence-electron chi connectivity index (χ0n) is 43.6. The molecule has 0 aromatic heterocycles. The zero-order valence-corrected chi connectivity index (χ0v) is 43.6. The summed E-state index contributed by atoms with van der Waals surface area (Å²) in [5.41, 5.74) is 5.66. The minimum absolute atomic E-state index is 0.0321. The van der Waals surface area contributed by atoms with Gasteiger partial charge in [0.2, 0.25) is 0 Å². The van der Waals surface area contributed by atoms with Gasteiger partial charge < -0.3 is 24.0 Å². The molecular formula is C56H80N4O8. The molecule has 0 atom stereocenters. The topological polar surface area (TPSA) is 126 Å². The average Bonchev–Trinajstić information content (AvgIpc) is 3.82. The molecule has 2 aromatic carbocycles. The maximum Gasteiger partial charge on any atom is 0.410 e. The van der Waals surface area contributed by atoms with Gasteiger partial charge in [-0.2, -0.15) is 9.59 Å². The fourth-order valence-electron chi connectivity index (χ4n) is 9.47. The number of hydrogen-bond acceptors (Lipinski definition) is 10.